The molecule has 0 aliphatic carbocycles. The Kier molecular flexibility index (Phi) is 3.87. The standard InChI is InChI=1S/C13H15ClN2O4/c1-13(20-5-11(17)18)6-16(7-13)10-4-8(14)2-3-9(10)12(15)19/h2-4H,5-7H2,1H3,(H2,15,19)(H,17,18). The molecule has 1 saturated heterocycles. The van der Waals surface area contributed by atoms with Gasteiger partial charge in [-0.05, 0) is 25.1 Å². The smallest absolute Gasteiger partial charge is 0.329 e. The van der Waals surface area contributed by atoms with Gasteiger partial charge in [0, 0.05) is 18.1 Å². The third kappa shape index (κ3) is 3.02. The summed E-state index contributed by atoms with van der Waals surface area (Å²) in [6.45, 7) is 2.42. The van der Waals surface area contributed by atoms with Crippen LogP contribution in [-0.4, -0.2) is 42.3 Å². The molecule has 1 aliphatic rings. The van der Waals surface area contributed by atoms with E-state index in [9.17, 15) is 9.59 Å². The number of nitrogens with two attached hydrogens (primary N) is 1. The lowest BCUT2D eigenvalue weighted by atomic mass is 9.94. The highest BCUT2D eigenvalue weighted by Crippen LogP contribution is 2.34. The number of hydrogen-bond donors (Lipinski definition) is 2. The molecule has 1 heterocycles. The molecule has 6 nitrogen and oxygen atoms in total. The quantitative estimate of drug-likeness (QED) is 0.849. The van der Waals surface area contributed by atoms with Gasteiger partial charge in [-0.2, -0.15) is 0 Å². The Morgan fingerprint density at radius 2 is 2.15 bits per heavy atom. The molecule has 1 aliphatic heterocycles. The molecule has 1 aromatic carbocycles. The normalized spacial score (nSPS) is 16.6. The van der Waals surface area contributed by atoms with Crippen molar-refractivity contribution in [2.45, 2.75) is 12.5 Å². The van der Waals surface area contributed by atoms with Gasteiger partial charge in [-0.1, -0.05) is 11.6 Å². The molecule has 0 aromatic heterocycles. The van der Waals surface area contributed by atoms with Crippen molar-refractivity contribution in [2.24, 2.45) is 5.73 Å². The van der Waals surface area contributed by atoms with E-state index >= 15 is 0 Å². The number of carbonyl (C=O) groups is 2. The maximum absolute atomic E-state index is 11.4. The van der Waals surface area contributed by atoms with Gasteiger partial charge in [-0.25, -0.2) is 4.79 Å². The first kappa shape index (κ1) is 14.6. The number of carbonyl (C=O) groups excluding carboxylic acids is 1. The zero-order valence-corrected chi connectivity index (χ0v) is 11.7. The Labute approximate surface area is 121 Å². The third-order valence-corrected chi connectivity index (χ3v) is 3.40. The Bertz CT molecular complexity index is 555. The molecule has 0 unspecified atom stereocenters. The average molecular weight is 299 g/mol. The second-order valence-corrected chi connectivity index (χ2v) is 5.45. The van der Waals surface area contributed by atoms with Gasteiger partial charge in [-0.15, -0.1) is 0 Å². The van der Waals surface area contributed by atoms with Gasteiger partial charge >= 0.3 is 5.97 Å². The number of benzene rings is 1. The van der Waals surface area contributed by atoms with E-state index in [1.165, 1.54) is 0 Å². The third-order valence-electron chi connectivity index (χ3n) is 3.16. The minimum absolute atomic E-state index is 0.345. The topological polar surface area (TPSA) is 92.9 Å². The molecule has 1 aromatic rings. The molecular formula is C13H15ClN2O4. The summed E-state index contributed by atoms with van der Waals surface area (Å²) in [4.78, 5) is 23.8. The lowest BCUT2D eigenvalue weighted by Gasteiger charge is -2.49. The Morgan fingerprint density at radius 3 is 2.70 bits per heavy atom. The highest BCUT2D eigenvalue weighted by atomic mass is 35.5. The van der Waals surface area contributed by atoms with Crippen molar-refractivity contribution in [3.63, 3.8) is 0 Å². The lowest BCUT2D eigenvalue weighted by Crippen LogP contribution is -2.62. The van der Waals surface area contributed by atoms with Gasteiger partial charge in [-0.3, -0.25) is 4.79 Å². The summed E-state index contributed by atoms with van der Waals surface area (Å²) >= 11 is 5.93. The number of carboxylic acid groups (broad SMARTS) is 1. The molecule has 108 valence electrons. The number of hydrogen-bond acceptors (Lipinski definition) is 4. The fourth-order valence-corrected chi connectivity index (χ4v) is 2.40. The highest BCUT2D eigenvalue weighted by Gasteiger charge is 2.41. The minimum Gasteiger partial charge on any atom is -0.480 e. The van der Waals surface area contributed by atoms with E-state index in [1.807, 2.05) is 11.8 Å². The second-order valence-electron chi connectivity index (χ2n) is 5.01. The largest absolute Gasteiger partial charge is 0.480 e. The Hall–Kier alpha value is -1.79. The van der Waals surface area contributed by atoms with Crippen LogP contribution in [0.2, 0.25) is 5.02 Å². The van der Waals surface area contributed by atoms with Crippen LogP contribution in [0.1, 0.15) is 17.3 Å². The molecule has 1 fully saturated rings. The molecule has 0 bridgehead atoms. The molecule has 0 spiro atoms. The predicted octanol–water partition coefficient (Wildman–Crippen LogP) is 1.12. The van der Waals surface area contributed by atoms with Crippen LogP contribution in [0.3, 0.4) is 0 Å². The van der Waals surface area contributed by atoms with Crippen LogP contribution in [0.15, 0.2) is 18.2 Å². The molecule has 3 N–H and O–H groups in total. The van der Waals surface area contributed by atoms with E-state index in [2.05, 4.69) is 0 Å². The van der Waals surface area contributed by atoms with E-state index < -0.39 is 17.5 Å². The van der Waals surface area contributed by atoms with E-state index in [1.54, 1.807) is 18.2 Å². The second kappa shape index (κ2) is 5.30. The fourth-order valence-electron chi connectivity index (χ4n) is 2.23. The number of primary amides is 1. The summed E-state index contributed by atoms with van der Waals surface area (Å²) in [6, 6.07) is 4.84. The summed E-state index contributed by atoms with van der Waals surface area (Å²) in [7, 11) is 0. The van der Waals surface area contributed by atoms with E-state index in [-0.39, 0.29) is 6.61 Å². The fraction of sp³-hybridized carbons (Fsp3) is 0.385. The summed E-state index contributed by atoms with van der Waals surface area (Å²) in [5, 5.41) is 9.12. The monoisotopic (exact) mass is 298 g/mol. The summed E-state index contributed by atoms with van der Waals surface area (Å²) in [5.41, 5.74) is 5.81. The van der Waals surface area contributed by atoms with Crippen molar-refractivity contribution in [2.75, 3.05) is 24.6 Å². The zero-order valence-electron chi connectivity index (χ0n) is 10.9. The molecule has 20 heavy (non-hydrogen) atoms. The number of nitrogens with zero attached hydrogens (tertiary/aromatic N) is 1. The number of ether oxygens (including phenoxy) is 1. The maximum Gasteiger partial charge on any atom is 0.329 e. The zero-order chi connectivity index (χ0) is 14.9. The van der Waals surface area contributed by atoms with Gasteiger partial charge in [0.25, 0.3) is 5.91 Å². The van der Waals surface area contributed by atoms with Crippen LogP contribution < -0.4 is 10.6 Å². The van der Waals surface area contributed by atoms with Gasteiger partial charge in [0.2, 0.25) is 0 Å². The molecule has 0 atom stereocenters. The summed E-state index contributed by atoms with van der Waals surface area (Å²) in [5.74, 6) is -1.54. The molecule has 2 rings (SSSR count). The first-order chi connectivity index (χ1) is 9.31. The van der Waals surface area contributed by atoms with Crippen molar-refractivity contribution in [1.82, 2.24) is 0 Å². The maximum atomic E-state index is 11.4. The number of aliphatic carboxylic acids is 1. The van der Waals surface area contributed by atoms with Crippen molar-refractivity contribution in [3.8, 4) is 0 Å². The SMILES string of the molecule is CC1(OCC(=O)O)CN(c2cc(Cl)ccc2C(N)=O)C1. The number of rotatable bonds is 5. The first-order valence-electron chi connectivity index (χ1n) is 6.01. The first-order valence-corrected chi connectivity index (χ1v) is 6.39. The number of anilines is 1. The minimum atomic E-state index is -1.01. The molecule has 7 heteroatoms. The molecular weight excluding hydrogens is 284 g/mol. The van der Waals surface area contributed by atoms with Crippen molar-refractivity contribution >= 4 is 29.2 Å². The van der Waals surface area contributed by atoms with Crippen molar-refractivity contribution in [3.05, 3.63) is 28.8 Å². The van der Waals surface area contributed by atoms with E-state index in [4.69, 9.17) is 27.2 Å². The van der Waals surface area contributed by atoms with Crippen LogP contribution in [0.25, 0.3) is 0 Å². The van der Waals surface area contributed by atoms with Crippen LogP contribution in [0.4, 0.5) is 5.69 Å². The van der Waals surface area contributed by atoms with Gasteiger partial charge in [0.15, 0.2) is 0 Å². The molecule has 0 radical (unpaired) electrons. The highest BCUT2D eigenvalue weighted by molar-refractivity contribution is 6.31. The Balaban J connectivity index is 2.10. The average Bonchev–Trinajstić information content (AvgIpc) is 2.32. The van der Waals surface area contributed by atoms with E-state index in [0.717, 1.165) is 0 Å². The van der Waals surface area contributed by atoms with Crippen LogP contribution >= 0.6 is 11.6 Å². The van der Waals surface area contributed by atoms with Gasteiger partial charge in [0.1, 0.15) is 12.2 Å². The van der Waals surface area contributed by atoms with Crippen molar-refractivity contribution < 1.29 is 19.4 Å². The molecule has 1 amide bonds. The summed E-state index contributed by atoms with van der Waals surface area (Å²) < 4.78 is 5.32. The predicted molar refractivity (Wildman–Crippen MR) is 74.2 cm³/mol. The van der Waals surface area contributed by atoms with Gasteiger partial charge in [0.05, 0.1) is 11.3 Å². The summed E-state index contributed by atoms with van der Waals surface area (Å²) in [6.07, 6.45) is 0. The number of carboxylic acids is 1. The Morgan fingerprint density at radius 1 is 1.50 bits per heavy atom. The number of amides is 1. The van der Waals surface area contributed by atoms with Crippen LogP contribution in [0.5, 0.6) is 0 Å². The van der Waals surface area contributed by atoms with Crippen molar-refractivity contribution in [1.29, 1.82) is 0 Å². The van der Waals surface area contributed by atoms with Crippen LogP contribution in [0, 0.1) is 0 Å². The van der Waals surface area contributed by atoms with E-state index in [0.29, 0.717) is 29.4 Å². The van der Waals surface area contributed by atoms with Crippen LogP contribution in [-0.2, 0) is 9.53 Å². The number of halogens is 1. The lowest BCUT2D eigenvalue weighted by molar-refractivity contribution is -0.150. The molecule has 0 saturated carbocycles. The van der Waals surface area contributed by atoms with Gasteiger partial charge < -0.3 is 20.5 Å².